The number of nitrogens with zero attached hydrogens (tertiary/aromatic N) is 1. The van der Waals surface area contributed by atoms with Crippen LogP contribution in [0.2, 0.25) is 0 Å². The Hall–Kier alpha value is -1.63. The summed E-state index contributed by atoms with van der Waals surface area (Å²) in [6, 6.07) is 8.07. The average molecular weight is 408 g/mol. The van der Waals surface area contributed by atoms with Crippen LogP contribution < -0.4 is 10.6 Å². The highest BCUT2D eigenvalue weighted by molar-refractivity contribution is 5.95. The molecule has 2 heterocycles. The molecule has 2 aliphatic heterocycles. The molecule has 2 amide bonds. The Balaban J connectivity index is 0.00000225. The normalized spacial score (nSPS) is 26.9. The molecule has 0 spiro atoms. The van der Waals surface area contributed by atoms with Gasteiger partial charge in [-0.15, -0.1) is 12.4 Å². The van der Waals surface area contributed by atoms with E-state index in [1.54, 1.807) is 0 Å². The molecule has 1 aromatic rings. The van der Waals surface area contributed by atoms with E-state index in [1.807, 2.05) is 29.2 Å². The fraction of sp³-hybridized carbons (Fsp3) is 0.619. The molecule has 7 heteroatoms. The molecule has 0 aromatic heterocycles. The lowest BCUT2D eigenvalue weighted by atomic mass is 9.85. The van der Waals surface area contributed by atoms with Gasteiger partial charge in [0.25, 0.3) is 0 Å². The summed E-state index contributed by atoms with van der Waals surface area (Å²) < 4.78 is 5.29. The lowest BCUT2D eigenvalue weighted by Gasteiger charge is -2.26. The molecule has 3 unspecified atom stereocenters. The van der Waals surface area contributed by atoms with E-state index in [2.05, 4.69) is 10.6 Å². The zero-order valence-electron chi connectivity index (χ0n) is 16.2. The number of ether oxygens (including phenoxy) is 1. The number of carbonyl (C=O) groups excluding carboxylic acids is 2. The van der Waals surface area contributed by atoms with Gasteiger partial charge in [-0.25, -0.2) is 0 Å². The second-order valence-corrected chi connectivity index (χ2v) is 7.96. The van der Waals surface area contributed by atoms with Gasteiger partial charge < -0.3 is 20.3 Å². The van der Waals surface area contributed by atoms with Gasteiger partial charge >= 0.3 is 0 Å². The minimum Gasteiger partial charge on any atom is -0.378 e. The summed E-state index contributed by atoms with van der Waals surface area (Å²) in [6.45, 7) is 2.58. The third-order valence-corrected chi connectivity index (χ3v) is 6.12. The zero-order valence-corrected chi connectivity index (χ0v) is 17.0. The minimum atomic E-state index is -0.0827. The summed E-state index contributed by atoms with van der Waals surface area (Å²) in [5, 5.41) is 6.54. The van der Waals surface area contributed by atoms with Crippen molar-refractivity contribution in [2.45, 2.75) is 50.6 Å². The number of hydrogen-bond acceptors (Lipinski definition) is 4. The van der Waals surface area contributed by atoms with Crippen LogP contribution in [0.4, 0.5) is 5.69 Å². The van der Waals surface area contributed by atoms with Crippen LogP contribution in [0, 0.1) is 5.92 Å². The second kappa shape index (κ2) is 9.72. The van der Waals surface area contributed by atoms with Gasteiger partial charge in [0.15, 0.2) is 0 Å². The molecular formula is C21H30ClN3O3. The first-order valence-corrected chi connectivity index (χ1v) is 10.2. The first-order chi connectivity index (χ1) is 13.2. The Morgan fingerprint density at radius 3 is 2.54 bits per heavy atom. The van der Waals surface area contributed by atoms with Crippen molar-refractivity contribution in [1.29, 1.82) is 0 Å². The van der Waals surface area contributed by atoms with E-state index in [0.717, 1.165) is 17.7 Å². The van der Waals surface area contributed by atoms with Crippen LogP contribution in [0.1, 0.15) is 37.7 Å². The summed E-state index contributed by atoms with van der Waals surface area (Å²) in [6.07, 6.45) is 6.34. The molecule has 2 saturated heterocycles. The van der Waals surface area contributed by atoms with Crippen LogP contribution in [0.15, 0.2) is 24.3 Å². The van der Waals surface area contributed by atoms with E-state index in [4.69, 9.17) is 4.74 Å². The predicted molar refractivity (Wildman–Crippen MR) is 111 cm³/mol. The van der Waals surface area contributed by atoms with E-state index >= 15 is 0 Å². The summed E-state index contributed by atoms with van der Waals surface area (Å²) in [7, 11) is 0. The van der Waals surface area contributed by atoms with Crippen molar-refractivity contribution >= 4 is 29.9 Å². The van der Waals surface area contributed by atoms with Gasteiger partial charge in [0.2, 0.25) is 11.8 Å². The second-order valence-electron chi connectivity index (χ2n) is 7.96. The van der Waals surface area contributed by atoms with Gasteiger partial charge in [0.1, 0.15) is 0 Å². The summed E-state index contributed by atoms with van der Waals surface area (Å²) >= 11 is 0. The van der Waals surface area contributed by atoms with Crippen molar-refractivity contribution in [3.8, 4) is 0 Å². The van der Waals surface area contributed by atoms with Gasteiger partial charge in [0.05, 0.1) is 25.7 Å². The largest absolute Gasteiger partial charge is 0.378 e. The van der Waals surface area contributed by atoms with Crippen LogP contribution in [-0.2, 0) is 20.7 Å². The molecule has 4 rings (SSSR count). The highest BCUT2D eigenvalue weighted by Gasteiger charge is 2.38. The standard InChI is InChI=1S/C21H29N3O3.ClH/c25-20(24-9-11-27-12-10-24)13-15-5-7-17(8-6-15)22-21(26)19-14-16-3-1-2-4-18(16)23-19;/h5-8,16,18-19,23H,1-4,9-14H2,(H,22,26);1H. The third kappa shape index (κ3) is 5.04. The van der Waals surface area contributed by atoms with Crippen molar-refractivity contribution in [3.63, 3.8) is 0 Å². The van der Waals surface area contributed by atoms with Crippen LogP contribution in [-0.4, -0.2) is 55.1 Å². The van der Waals surface area contributed by atoms with E-state index in [9.17, 15) is 9.59 Å². The number of carbonyl (C=O) groups is 2. The summed E-state index contributed by atoms with van der Waals surface area (Å²) in [5.41, 5.74) is 1.76. The molecule has 0 radical (unpaired) electrons. The summed E-state index contributed by atoms with van der Waals surface area (Å²) in [4.78, 5) is 26.8. The maximum absolute atomic E-state index is 12.6. The molecule has 1 aromatic carbocycles. The zero-order chi connectivity index (χ0) is 18.6. The molecule has 154 valence electrons. The Bertz CT molecular complexity index is 662. The average Bonchev–Trinajstić information content (AvgIpc) is 3.14. The van der Waals surface area contributed by atoms with Crippen molar-refractivity contribution in [3.05, 3.63) is 29.8 Å². The topological polar surface area (TPSA) is 70.7 Å². The number of anilines is 1. The van der Waals surface area contributed by atoms with Crippen LogP contribution >= 0.6 is 12.4 Å². The number of morpholine rings is 1. The van der Waals surface area contributed by atoms with Crippen molar-refractivity contribution in [2.24, 2.45) is 5.92 Å². The minimum absolute atomic E-state index is 0. The highest BCUT2D eigenvalue weighted by Crippen LogP contribution is 2.33. The third-order valence-electron chi connectivity index (χ3n) is 6.12. The number of amides is 2. The Morgan fingerprint density at radius 1 is 1.11 bits per heavy atom. The van der Waals surface area contributed by atoms with Gasteiger partial charge in [-0.3, -0.25) is 9.59 Å². The van der Waals surface area contributed by atoms with Crippen molar-refractivity contribution in [2.75, 3.05) is 31.6 Å². The van der Waals surface area contributed by atoms with Crippen LogP contribution in [0.25, 0.3) is 0 Å². The van der Waals surface area contributed by atoms with Gasteiger partial charge in [-0.2, -0.15) is 0 Å². The first kappa shape index (κ1) is 21.1. The lowest BCUT2D eigenvalue weighted by molar-refractivity contribution is -0.134. The molecule has 3 atom stereocenters. The van der Waals surface area contributed by atoms with Gasteiger partial charge in [-0.1, -0.05) is 25.0 Å². The molecule has 6 nitrogen and oxygen atoms in total. The van der Waals surface area contributed by atoms with E-state index in [0.29, 0.717) is 44.7 Å². The fourth-order valence-electron chi connectivity index (χ4n) is 4.56. The number of halogens is 1. The molecule has 3 aliphatic rings. The van der Waals surface area contributed by atoms with Gasteiger partial charge in [0, 0.05) is 24.8 Å². The van der Waals surface area contributed by atoms with Crippen LogP contribution in [0.5, 0.6) is 0 Å². The van der Waals surface area contributed by atoms with E-state index < -0.39 is 0 Å². The Morgan fingerprint density at radius 2 is 1.82 bits per heavy atom. The quantitative estimate of drug-likeness (QED) is 0.803. The van der Waals surface area contributed by atoms with Crippen LogP contribution in [0.3, 0.4) is 0 Å². The molecule has 1 aliphatic carbocycles. The SMILES string of the molecule is Cl.O=C(Nc1ccc(CC(=O)N2CCOCC2)cc1)C1CC2CCCCC2N1. The lowest BCUT2D eigenvalue weighted by Crippen LogP contribution is -2.41. The molecule has 1 saturated carbocycles. The van der Waals surface area contributed by atoms with Crippen molar-refractivity contribution in [1.82, 2.24) is 10.2 Å². The number of fused-ring (bicyclic) bond motifs is 1. The number of rotatable bonds is 4. The summed E-state index contributed by atoms with van der Waals surface area (Å²) in [5.74, 6) is 0.845. The number of benzene rings is 1. The maximum atomic E-state index is 12.6. The van der Waals surface area contributed by atoms with E-state index in [-0.39, 0.29) is 30.3 Å². The monoisotopic (exact) mass is 407 g/mol. The van der Waals surface area contributed by atoms with E-state index in [1.165, 1.54) is 25.7 Å². The molecule has 2 N–H and O–H groups in total. The Labute approximate surface area is 172 Å². The number of nitrogens with one attached hydrogen (secondary N) is 2. The molecule has 28 heavy (non-hydrogen) atoms. The van der Waals surface area contributed by atoms with Crippen molar-refractivity contribution < 1.29 is 14.3 Å². The molecule has 0 bridgehead atoms. The molecular weight excluding hydrogens is 378 g/mol. The Kier molecular flexibility index (Phi) is 7.32. The first-order valence-electron chi connectivity index (χ1n) is 10.2. The smallest absolute Gasteiger partial charge is 0.241 e. The maximum Gasteiger partial charge on any atom is 0.241 e. The molecule has 3 fully saturated rings. The fourth-order valence-corrected chi connectivity index (χ4v) is 4.56. The number of hydrogen-bond donors (Lipinski definition) is 2. The highest BCUT2D eigenvalue weighted by atomic mass is 35.5. The van der Waals surface area contributed by atoms with Gasteiger partial charge in [-0.05, 0) is 42.9 Å². The predicted octanol–water partition coefficient (Wildman–Crippen LogP) is 2.37.